The molecule has 0 atom stereocenters. The lowest BCUT2D eigenvalue weighted by Crippen LogP contribution is -2.31. The van der Waals surface area contributed by atoms with Crippen molar-refractivity contribution >= 4 is 31.6 Å². The van der Waals surface area contributed by atoms with Crippen molar-refractivity contribution in [2.75, 3.05) is 17.4 Å². The molecule has 0 amide bonds. The molecular formula is C14H18BrFN4O4S. The smallest absolute Gasteiger partial charge is 0.211 e. The van der Waals surface area contributed by atoms with Crippen LogP contribution in [0.1, 0.15) is 19.3 Å². The van der Waals surface area contributed by atoms with Gasteiger partial charge in [0.05, 0.1) is 22.1 Å². The van der Waals surface area contributed by atoms with E-state index < -0.39 is 15.8 Å². The molecule has 1 aliphatic carbocycles. The number of hydrogen-bond acceptors (Lipinski definition) is 7. The van der Waals surface area contributed by atoms with E-state index in [0.717, 1.165) is 12.8 Å². The van der Waals surface area contributed by atoms with Crippen LogP contribution in [0.4, 0.5) is 10.1 Å². The Morgan fingerprint density at radius 1 is 1.40 bits per heavy atom. The molecule has 0 aromatic heterocycles. The number of anilines is 1. The SMILES string of the molecule is O=S(=O)(CCCNC1=CN(c2ccc(F)c(Br)c2)ON1O)NC1CC1. The van der Waals surface area contributed by atoms with Gasteiger partial charge in [-0.2, -0.15) is 5.06 Å². The zero-order chi connectivity index (χ0) is 18.0. The predicted octanol–water partition coefficient (Wildman–Crippen LogP) is 1.81. The van der Waals surface area contributed by atoms with Gasteiger partial charge in [0.15, 0.2) is 5.82 Å². The molecule has 3 N–H and O–H groups in total. The lowest BCUT2D eigenvalue weighted by atomic mass is 10.3. The van der Waals surface area contributed by atoms with Crippen molar-refractivity contribution < 1.29 is 23.0 Å². The molecule has 3 rings (SSSR count). The van der Waals surface area contributed by atoms with Gasteiger partial charge in [-0.15, -0.1) is 4.94 Å². The van der Waals surface area contributed by atoms with Gasteiger partial charge < -0.3 is 5.32 Å². The van der Waals surface area contributed by atoms with E-state index in [1.807, 2.05) is 0 Å². The van der Waals surface area contributed by atoms with Crippen molar-refractivity contribution in [2.24, 2.45) is 0 Å². The highest BCUT2D eigenvalue weighted by Crippen LogP contribution is 2.27. The van der Waals surface area contributed by atoms with Crippen molar-refractivity contribution in [3.63, 3.8) is 0 Å². The molecule has 138 valence electrons. The third kappa shape index (κ3) is 5.05. The maximum absolute atomic E-state index is 13.3. The van der Waals surface area contributed by atoms with E-state index in [9.17, 15) is 18.0 Å². The van der Waals surface area contributed by atoms with Crippen LogP contribution in [0.15, 0.2) is 34.7 Å². The Labute approximate surface area is 153 Å². The van der Waals surface area contributed by atoms with Gasteiger partial charge in [0, 0.05) is 12.6 Å². The molecule has 1 saturated carbocycles. The number of hydrogen-bond donors (Lipinski definition) is 3. The van der Waals surface area contributed by atoms with Gasteiger partial charge in [0.1, 0.15) is 5.82 Å². The Morgan fingerprint density at radius 3 is 2.84 bits per heavy atom. The van der Waals surface area contributed by atoms with Crippen LogP contribution < -0.4 is 15.1 Å². The molecule has 0 bridgehead atoms. The Kier molecular flexibility index (Phi) is 5.49. The molecule has 1 aliphatic heterocycles. The number of nitrogens with zero attached hydrogens (tertiary/aromatic N) is 2. The third-order valence-electron chi connectivity index (χ3n) is 3.59. The molecule has 11 heteroatoms. The van der Waals surface area contributed by atoms with E-state index in [1.165, 1.54) is 29.5 Å². The first kappa shape index (κ1) is 18.4. The fourth-order valence-corrected chi connectivity index (χ4v) is 3.91. The molecule has 0 unspecified atom stereocenters. The van der Waals surface area contributed by atoms with Crippen LogP contribution in [0.5, 0.6) is 0 Å². The van der Waals surface area contributed by atoms with Crippen LogP contribution in [0.2, 0.25) is 0 Å². The maximum atomic E-state index is 13.3. The summed E-state index contributed by atoms with van der Waals surface area (Å²) in [6, 6.07) is 4.35. The summed E-state index contributed by atoms with van der Waals surface area (Å²) in [6.45, 7) is 0.332. The Hall–Kier alpha value is -1.40. The van der Waals surface area contributed by atoms with Crippen LogP contribution >= 0.6 is 15.9 Å². The third-order valence-corrected chi connectivity index (χ3v) is 5.71. The molecule has 25 heavy (non-hydrogen) atoms. The van der Waals surface area contributed by atoms with Crippen LogP contribution in [0, 0.1) is 5.82 Å². The van der Waals surface area contributed by atoms with E-state index in [0.29, 0.717) is 23.9 Å². The Bertz CT molecular complexity index is 772. The maximum Gasteiger partial charge on any atom is 0.211 e. The van der Waals surface area contributed by atoms with E-state index >= 15 is 0 Å². The highest BCUT2D eigenvalue weighted by Gasteiger charge is 2.27. The number of halogens is 2. The second-order valence-electron chi connectivity index (χ2n) is 5.78. The minimum atomic E-state index is -3.26. The molecular weight excluding hydrogens is 419 g/mol. The number of nitrogens with one attached hydrogen (secondary N) is 2. The van der Waals surface area contributed by atoms with Gasteiger partial charge >= 0.3 is 0 Å². The summed E-state index contributed by atoms with van der Waals surface area (Å²) in [4.78, 5) is 5.11. The molecule has 1 fully saturated rings. The zero-order valence-electron chi connectivity index (χ0n) is 13.2. The molecule has 1 heterocycles. The van der Waals surface area contributed by atoms with Crippen molar-refractivity contribution in [3.05, 3.63) is 40.5 Å². The highest BCUT2D eigenvalue weighted by molar-refractivity contribution is 9.10. The largest absolute Gasteiger partial charge is 0.366 e. The average Bonchev–Trinajstić information content (AvgIpc) is 3.27. The number of rotatable bonds is 8. The standard InChI is InChI=1S/C14H18BrFN4O4S/c15-12-8-11(4-5-13(12)16)19-9-14(20(21)24-19)17-6-1-7-25(22,23)18-10-2-3-10/h4-5,8-10,17-18,21H,1-3,6-7H2. The zero-order valence-corrected chi connectivity index (χ0v) is 15.6. The first-order valence-electron chi connectivity index (χ1n) is 7.71. The van der Waals surface area contributed by atoms with E-state index in [-0.39, 0.29) is 22.1 Å². The van der Waals surface area contributed by atoms with Crippen LogP contribution in [-0.4, -0.2) is 37.2 Å². The summed E-state index contributed by atoms with van der Waals surface area (Å²) in [6.07, 6.45) is 3.64. The topological polar surface area (TPSA) is 94.1 Å². The van der Waals surface area contributed by atoms with Crippen molar-refractivity contribution in [1.29, 1.82) is 0 Å². The summed E-state index contributed by atoms with van der Waals surface area (Å²) in [7, 11) is -3.26. The number of sulfonamides is 1. The van der Waals surface area contributed by atoms with Crippen molar-refractivity contribution in [2.45, 2.75) is 25.3 Å². The van der Waals surface area contributed by atoms with E-state index in [2.05, 4.69) is 26.0 Å². The Balaban J connectivity index is 1.50. The molecule has 0 radical (unpaired) electrons. The monoisotopic (exact) mass is 436 g/mol. The average molecular weight is 437 g/mol. The Morgan fingerprint density at radius 2 is 2.16 bits per heavy atom. The summed E-state index contributed by atoms with van der Waals surface area (Å²) in [5.41, 5.74) is 0.500. The minimum Gasteiger partial charge on any atom is -0.366 e. The molecule has 8 nitrogen and oxygen atoms in total. The van der Waals surface area contributed by atoms with Gasteiger partial charge in [0.25, 0.3) is 0 Å². The van der Waals surface area contributed by atoms with Crippen LogP contribution in [0.3, 0.4) is 0 Å². The van der Waals surface area contributed by atoms with Gasteiger partial charge in [-0.05, 0) is 53.4 Å². The van der Waals surface area contributed by atoms with E-state index in [4.69, 9.17) is 4.94 Å². The normalized spacial score (nSPS) is 17.8. The molecule has 1 aromatic rings. The van der Waals surface area contributed by atoms with Gasteiger partial charge in [-0.25, -0.2) is 17.5 Å². The summed E-state index contributed by atoms with van der Waals surface area (Å²) in [5, 5.41) is 14.4. The van der Waals surface area contributed by atoms with Crippen LogP contribution in [-0.2, 0) is 15.0 Å². The summed E-state index contributed by atoms with van der Waals surface area (Å²) < 4.78 is 39.7. The first-order valence-corrected chi connectivity index (χ1v) is 10.2. The minimum absolute atomic E-state index is 0.00465. The quantitative estimate of drug-likeness (QED) is 0.534. The van der Waals surface area contributed by atoms with Crippen molar-refractivity contribution in [1.82, 2.24) is 15.3 Å². The highest BCUT2D eigenvalue weighted by atomic mass is 79.9. The number of benzene rings is 1. The molecule has 2 aliphatic rings. The molecule has 0 saturated heterocycles. The number of hydroxylamine groups is 3. The predicted molar refractivity (Wildman–Crippen MR) is 91.9 cm³/mol. The lowest BCUT2D eigenvalue weighted by Gasteiger charge is -2.16. The fourth-order valence-electron chi connectivity index (χ4n) is 2.16. The van der Waals surface area contributed by atoms with Crippen LogP contribution in [0.25, 0.3) is 0 Å². The molecule has 0 spiro atoms. The fraction of sp³-hybridized carbons (Fsp3) is 0.429. The van der Waals surface area contributed by atoms with Gasteiger partial charge in [-0.3, -0.25) is 5.21 Å². The summed E-state index contributed by atoms with van der Waals surface area (Å²) >= 11 is 3.08. The first-order chi connectivity index (χ1) is 11.8. The van der Waals surface area contributed by atoms with Gasteiger partial charge in [0.2, 0.25) is 10.0 Å². The summed E-state index contributed by atoms with van der Waals surface area (Å²) in [5.74, 6) is -0.162. The van der Waals surface area contributed by atoms with Gasteiger partial charge in [-0.1, -0.05) is 5.23 Å². The lowest BCUT2D eigenvalue weighted by molar-refractivity contribution is -0.306. The molecule has 1 aromatic carbocycles. The second kappa shape index (κ2) is 7.46. The van der Waals surface area contributed by atoms with E-state index in [1.54, 1.807) is 0 Å². The second-order valence-corrected chi connectivity index (χ2v) is 8.51. The van der Waals surface area contributed by atoms with Crippen molar-refractivity contribution in [3.8, 4) is 0 Å².